The summed E-state index contributed by atoms with van der Waals surface area (Å²) in [5.41, 5.74) is 1.50. The van der Waals surface area contributed by atoms with Gasteiger partial charge in [0.05, 0.1) is 5.69 Å². The maximum atomic E-state index is 13.6. The topological polar surface area (TPSA) is 81.9 Å². The molecule has 33 heavy (non-hydrogen) atoms. The highest BCUT2D eigenvalue weighted by atomic mass is 19.4. The zero-order valence-corrected chi connectivity index (χ0v) is 17.0. The lowest BCUT2D eigenvalue weighted by Gasteiger charge is -2.11. The minimum atomic E-state index is -4.84. The van der Waals surface area contributed by atoms with E-state index in [1.165, 1.54) is 28.9 Å². The molecule has 2 aromatic heterocycles. The van der Waals surface area contributed by atoms with Crippen LogP contribution in [0.1, 0.15) is 15.9 Å². The number of benzene rings is 2. The lowest BCUT2D eigenvalue weighted by Crippen LogP contribution is -2.17. The van der Waals surface area contributed by atoms with Crippen LogP contribution in [-0.2, 0) is 0 Å². The van der Waals surface area contributed by atoms with Gasteiger partial charge in [-0.15, -0.1) is 18.3 Å². The molecule has 1 N–H and O–H groups in total. The predicted molar refractivity (Wildman–Crippen MR) is 110 cm³/mol. The highest BCUT2D eigenvalue weighted by molar-refractivity contribution is 6.04. The summed E-state index contributed by atoms with van der Waals surface area (Å²) in [5.74, 6) is -1.68. The Bertz CT molecular complexity index is 1300. The number of ether oxygens (including phenoxy) is 1. The van der Waals surface area contributed by atoms with Gasteiger partial charge in [-0.1, -0.05) is 24.3 Å². The number of aromatic nitrogens is 4. The molecule has 0 aliphatic heterocycles. The molecule has 2 aromatic carbocycles. The fourth-order valence-electron chi connectivity index (χ4n) is 3.00. The molecule has 0 saturated heterocycles. The largest absolute Gasteiger partial charge is 0.573 e. The maximum Gasteiger partial charge on any atom is 0.573 e. The van der Waals surface area contributed by atoms with Crippen LogP contribution in [0.5, 0.6) is 5.75 Å². The number of nitrogens with one attached hydrogen (secondary N) is 1. The van der Waals surface area contributed by atoms with E-state index in [1.807, 2.05) is 0 Å². The van der Waals surface area contributed by atoms with E-state index in [0.717, 1.165) is 23.8 Å². The predicted octanol–water partition coefficient (Wildman–Crippen LogP) is 4.93. The number of anilines is 1. The standard InChI is InChI=1S/C22H15F4N5O2/c1-13-5-2-3-6-16(13)20(32)29-21-28-19(17-7-4-8-18(23)27-17)30-31(21)14-9-11-15(12-10-14)33-22(24,25)26/h2-12H,1H3,(H,28,29,30,32). The summed E-state index contributed by atoms with van der Waals surface area (Å²) in [6, 6.07) is 15.7. The Morgan fingerprint density at radius 1 is 0.970 bits per heavy atom. The average molecular weight is 457 g/mol. The summed E-state index contributed by atoms with van der Waals surface area (Å²) in [5, 5.41) is 6.91. The maximum absolute atomic E-state index is 13.6. The smallest absolute Gasteiger partial charge is 0.406 e. The van der Waals surface area contributed by atoms with Gasteiger partial charge in [0.1, 0.15) is 11.4 Å². The van der Waals surface area contributed by atoms with Crippen LogP contribution < -0.4 is 10.1 Å². The van der Waals surface area contributed by atoms with E-state index >= 15 is 0 Å². The lowest BCUT2D eigenvalue weighted by atomic mass is 10.1. The van der Waals surface area contributed by atoms with Gasteiger partial charge < -0.3 is 4.74 Å². The van der Waals surface area contributed by atoms with Crippen LogP contribution >= 0.6 is 0 Å². The Morgan fingerprint density at radius 3 is 2.36 bits per heavy atom. The van der Waals surface area contributed by atoms with Crippen LogP contribution in [-0.4, -0.2) is 32.0 Å². The van der Waals surface area contributed by atoms with Gasteiger partial charge in [-0.25, -0.2) is 4.98 Å². The third-order valence-corrected chi connectivity index (χ3v) is 4.48. The molecule has 0 fully saturated rings. The number of nitrogens with zero attached hydrogens (tertiary/aromatic N) is 4. The molecule has 1 amide bonds. The number of rotatable bonds is 5. The normalized spacial score (nSPS) is 11.3. The Morgan fingerprint density at radius 2 is 1.70 bits per heavy atom. The van der Waals surface area contributed by atoms with Gasteiger partial charge in [0.25, 0.3) is 5.91 Å². The molecule has 0 aliphatic carbocycles. The molecule has 168 valence electrons. The number of halogens is 4. The first kappa shape index (κ1) is 21.9. The first-order valence-electron chi connectivity index (χ1n) is 9.53. The molecule has 0 radical (unpaired) electrons. The summed E-state index contributed by atoms with van der Waals surface area (Å²) in [7, 11) is 0. The zero-order chi connectivity index (χ0) is 23.6. The lowest BCUT2D eigenvalue weighted by molar-refractivity contribution is -0.274. The van der Waals surface area contributed by atoms with E-state index in [9.17, 15) is 22.4 Å². The van der Waals surface area contributed by atoms with Crippen molar-refractivity contribution in [2.45, 2.75) is 13.3 Å². The van der Waals surface area contributed by atoms with Crippen LogP contribution in [0, 0.1) is 12.9 Å². The number of carbonyl (C=O) groups is 1. The van der Waals surface area contributed by atoms with Crippen LogP contribution in [0.25, 0.3) is 17.2 Å². The molecule has 0 spiro atoms. The summed E-state index contributed by atoms with van der Waals surface area (Å²) in [4.78, 5) is 20.8. The van der Waals surface area contributed by atoms with Crippen LogP contribution in [0.4, 0.5) is 23.5 Å². The zero-order valence-electron chi connectivity index (χ0n) is 17.0. The molecular formula is C22H15F4N5O2. The Kier molecular flexibility index (Phi) is 5.78. The fourth-order valence-corrected chi connectivity index (χ4v) is 3.00. The highest BCUT2D eigenvalue weighted by Gasteiger charge is 2.31. The Balaban J connectivity index is 1.73. The third-order valence-electron chi connectivity index (χ3n) is 4.48. The number of hydrogen-bond donors (Lipinski definition) is 1. The quantitative estimate of drug-likeness (QED) is 0.340. The second-order valence-electron chi connectivity index (χ2n) is 6.83. The third kappa shape index (κ3) is 5.14. The SMILES string of the molecule is Cc1ccccc1C(=O)Nc1nc(-c2cccc(F)n2)nn1-c1ccc(OC(F)(F)F)cc1. The van der Waals surface area contributed by atoms with Crippen LogP contribution in [0.3, 0.4) is 0 Å². The van der Waals surface area contributed by atoms with Crippen molar-refractivity contribution in [3.8, 4) is 23.0 Å². The summed E-state index contributed by atoms with van der Waals surface area (Å²) in [6.07, 6.45) is -4.84. The van der Waals surface area contributed by atoms with Crippen molar-refractivity contribution in [1.82, 2.24) is 19.7 Å². The molecule has 0 unspecified atom stereocenters. The highest BCUT2D eigenvalue weighted by Crippen LogP contribution is 2.26. The van der Waals surface area contributed by atoms with Crippen molar-refractivity contribution in [2.24, 2.45) is 0 Å². The molecule has 4 aromatic rings. The van der Waals surface area contributed by atoms with E-state index in [1.54, 1.807) is 31.2 Å². The van der Waals surface area contributed by atoms with Crippen molar-refractivity contribution >= 4 is 11.9 Å². The van der Waals surface area contributed by atoms with Gasteiger partial charge in [0.15, 0.2) is 0 Å². The van der Waals surface area contributed by atoms with Crippen molar-refractivity contribution < 1.29 is 27.1 Å². The van der Waals surface area contributed by atoms with E-state index in [2.05, 4.69) is 25.1 Å². The van der Waals surface area contributed by atoms with Gasteiger partial charge in [0.2, 0.25) is 17.7 Å². The van der Waals surface area contributed by atoms with Gasteiger partial charge in [-0.05, 0) is 55.0 Å². The second-order valence-corrected chi connectivity index (χ2v) is 6.83. The van der Waals surface area contributed by atoms with Crippen LogP contribution in [0.2, 0.25) is 0 Å². The van der Waals surface area contributed by atoms with Gasteiger partial charge >= 0.3 is 6.36 Å². The number of pyridine rings is 1. The van der Waals surface area contributed by atoms with Gasteiger partial charge in [0, 0.05) is 5.56 Å². The minimum Gasteiger partial charge on any atom is -0.406 e. The van der Waals surface area contributed by atoms with Crippen molar-refractivity contribution in [2.75, 3.05) is 5.32 Å². The van der Waals surface area contributed by atoms with E-state index in [4.69, 9.17) is 0 Å². The molecule has 0 atom stereocenters. The number of amides is 1. The minimum absolute atomic E-state index is 0.00482. The first-order valence-corrected chi connectivity index (χ1v) is 9.53. The van der Waals surface area contributed by atoms with E-state index in [0.29, 0.717) is 5.56 Å². The van der Waals surface area contributed by atoms with Crippen molar-refractivity contribution in [1.29, 1.82) is 0 Å². The first-order chi connectivity index (χ1) is 15.7. The molecule has 4 rings (SSSR count). The summed E-state index contributed by atoms with van der Waals surface area (Å²) < 4.78 is 56.0. The van der Waals surface area contributed by atoms with Gasteiger partial charge in [-0.3, -0.25) is 10.1 Å². The number of hydrogen-bond acceptors (Lipinski definition) is 5. The fraction of sp³-hybridized carbons (Fsp3) is 0.0909. The molecule has 0 saturated carbocycles. The Hall–Kier alpha value is -4.28. The second kappa shape index (κ2) is 8.69. The summed E-state index contributed by atoms with van der Waals surface area (Å²) >= 11 is 0. The summed E-state index contributed by atoms with van der Waals surface area (Å²) in [6.45, 7) is 1.76. The monoisotopic (exact) mass is 457 g/mol. The molecule has 0 bridgehead atoms. The average Bonchev–Trinajstić information content (AvgIpc) is 3.17. The number of alkyl halides is 3. The number of carbonyl (C=O) groups excluding carboxylic acids is 1. The molecule has 2 heterocycles. The van der Waals surface area contributed by atoms with Gasteiger partial charge in [-0.2, -0.15) is 14.1 Å². The van der Waals surface area contributed by atoms with Crippen molar-refractivity contribution in [3.05, 3.63) is 83.8 Å². The van der Waals surface area contributed by atoms with E-state index in [-0.39, 0.29) is 23.2 Å². The molecule has 0 aliphatic rings. The Labute approximate surface area is 184 Å². The van der Waals surface area contributed by atoms with Crippen molar-refractivity contribution in [3.63, 3.8) is 0 Å². The molecule has 7 nitrogen and oxygen atoms in total. The molecule has 11 heteroatoms. The molecular weight excluding hydrogens is 442 g/mol. The number of aryl methyl sites for hydroxylation is 1. The van der Waals surface area contributed by atoms with E-state index < -0.39 is 24.0 Å². The van der Waals surface area contributed by atoms with Crippen LogP contribution in [0.15, 0.2) is 66.7 Å².